The second-order valence-electron chi connectivity index (χ2n) is 7.67. The summed E-state index contributed by atoms with van der Waals surface area (Å²) in [6.07, 6.45) is -0.155. The molecule has 0 bridgehead atoms. The molecular formula is C19H26N6O2. The highest BCUT2D eigenvalue weighted by atomic mass is 16.4. The fraction of sp³-hybridized carbons (Fsp3) is 0.421. The van der Waals surface area contributed by atoms with Crippen LogP contribution in [0.25, 0.3) is 0 Å². The molecule has 1 saturated heterocycles. The van der Waals surface area contributed by atoms with Crippen molar-refractivity contribution in [2.75, 3.05) is 29.0 Å². The number of nitrogens with zero attached hydrogens (tertiary/aromatic N) is 4. The van der Waals surface area contributed by atoms with Crippen LogP contribution in [0.3, 0.4) is 0 Å². The van der Waals surface area contributed by atoms with E-state index in [0.29, 0.717) is 24.7 Å². The number of para-hydroxylation sites is 1. The standard InChI is InChI=1S/C19H26N6O2/c1-19(2,3)25(18(26)27)14-9-10-24(12-14)16-11-15(22-17(20)23-16)21-13-7-5-4-6-8-13/h4-8,11,14H,9-10,12H2,1-3H3,(H,26,27)(H3,20,21,22,23). The summed E-state index contributed by atoms with van der Waals surface area (Å²) in [6.45, 7) is 7.02. The molecule has 0 saturated carbocycles. The maximum atomic E-state index is 11.7. The number of carbonyl (C=O) groups is 1. The van der Waals surface area contributed by atoms with Crippen LogP contribution in [0, 0.1) is 0 Å². The van der Waals surface area contributed by atoms with Crippen LogP contribution in [0.15, 0.2) is 36.4 Å². The number of nitrogens with two attached hydrogens (primary N) is 1. The fourth-order valence-electron chi connectivity index (χ4n) is 3.50. The topological polar surface area (TPSA) is 108 Å². The van der Waals surface area contributed by atoms with Crippen LogP contribution in [0.4, 0.5) is 28.1 Å². The minimum absolute atomic E-state index is 0.0933. The molecule has 1 aliphatic rings. The highest BCUT2D eigenvalue weighted by Crippen LogP contribution is 2.28. The number of nitrogen functional groups attached to an aromatic ring is 1. The average Bonchev–Trinajstić information content (AvgIpc) is 3.03. The molecule has 8 heteroatoms. The largest absolute Gasteiger partial charge is 0.465 e. The normalized spacial score (nSPS) is 17.0. The molecule has 1 fully saturated rings. The monoisotopic (exact) mass is 370 g/mol. The van der Waals surface area contributed by atoms with Gasteiger partial charge in [0.2, 0.25) is 5.95 Å². The van der Waals surface area contributed by atoms with Crippen LogP contribution >= 0.6 is 0 Å². The zero-order chi connectivity index (χ0) is 19.6. The van der Waals surface area contributed by atoms with E-state index in [1.54, 1.807) is 0 Å². The maximum Gasteiger partial charge on any atom is 0.408 e. The Morgan fingerprint density at radius 3 is 2.63 bits per heavy atom. The molecule has 1 aromatic heterocycles. The molecule has 0 aliphatic carbocycles. The Morgan fingerprint density at radius 2 is 2.00 bits per heavy atom. The van der Waals surface area contributed by atoms with E-state index >= 15 is 0 Å². The lowest BCUT2D eigenvalue weighted by molar-refractivity contribution is 0.0763. The van der Waals surface area contributed by atoms with E-state index in [0.717, 1.165) is 12.1 Å². The molecule has 1 atom stereocenters. The summed E-state index contributed by atoms with van der Waals surface area (Å²) >= 11 is 0. The van der Waals surface area contributed by atoms with Crippen LogP contribution in [0.1, 0.15) is 27.2 Å². The minimum Gasteiger partial charge on any atom is -0.465 e. The highest BCUT2D eigenvalue weighted by molar-refractivity contribution is 5.67. The van der Waals surface area contributed by atoms with E-state index in [1.807, 2.05) is 57.2 Å². The van der Waals surface area contributed by atoms with E-state index in [9.17, 15) is 9.90 Å². The van der Waals surface area contributed by atoms with Crippen molar-refractivity contribution >= 4 is 29.4 Å². The van der Waals surface area contributed by atoms with Gasteiger partial charge < -0.3 is 21.1 Å². The van der Waals surface area contributed by atoms with Crippen molar-refractivity contribution in [2.45, 2.75) is 38.8 Å². The summed E-state index contributed by atoms with van der Waals surface area (Å²) in [6, 6.07) is 11.4. The number of hydrogen-bond donors (Lipinski definition) is 3. The minimum atomic E-state index is -0.900. The first kappa shape index (κ1) is 18.8. The molecule has 4 N–H and O–H groups in total. The Kier molecular flexibility index (Phi) is 5.07. The number of amides is 1. The first-order chi connectivity index (χ1) is 12.7. The molecule has 3 rings (SSSR count). The molecule has 1 aliphatic heterocycles. The number of rotatable bonds is 4. The van der Waals surface area contributed by atoms with Gasteiger partial charge in [-0.3, -0.25) is 4.90 Å². The Bertz CT molecular complexity index is 806. The number of nitrogens with one attached hydrogen (secondary N) is 1. The predicted octanol–water partition coefficient (Wildman–Crippen LogP) is 3.16. The van der Waals surface area contributed by atoms with Crippen molar-refractivity contribution in [1.82, 2.24) is 14.9 Å². The smallest absolute Gasteiger partial charge is 0.408 e. The zero-order valence-corrected chi connectivity index (χ0v) is 15.9. The third-order valence-corrected chi connectivity index (χ3v) is 4.56. The number of aromatic nitrogens is 2. The molecule has 144 valence electrons. The molecule has 0 spiro atoms. The summed E-state index contributed by atoms with van der Waals surface area (Å²) in [4.78, 5) is 23.9. The van der Waals surface area contributed by atoms with Gasteiger partial charge in [0.25, 0.3) is 0 Å². The molecule has 2 heterocycles. The average molecular weight is 370 g/mol. The van der Waals surface area contributed by atoms with Gasteiger partial charge >= 0.3 is 6.09 Å². The third-order valence-electron chi connectivity index (χ3n) is 4.56. The predicted molar refractivity (Wildman–Crippen MR) is 106 cm³/mol. The van der Waals surface area contributed by atoms with E-state index in [1.165, 1.54) is 4.90 Å². The van der Waals surface area contributed by atoms with Gasteiger partial charge in [0.05, 0.1) is 6.04 Å². The molecule has 1 unspecified atom stereocenters. The molecular weight excluding hydrogens is 344 g/mol. The van der Waals surface area contributed by atoms with Crippen molar-refractivity contribution in [3.63, 3.8) is 0 Å². The molecule has 2 aromatic rings. The van der Waals surface area contributed by atoms with Crippen LogP contribution in [0.2, 0.25) is 0 Å². The Hall–Kier alpha value is -3.03. The van der Waals surface area contributed by atoms with E-state index in [-0.39, 0.29) is 12.0 Å². The Labute approximate surface area is 159 Å². The summed E-state index contributed by atoms with van der Waals surface area (Å²) in [7, 11) is 0. The van der Waals surface area contributed by atoms with Gasteiger partial charge in [-0.15, -0.1) is 0 Å². The third kappa shape index (κ3) is 4.39. The first-order valence-electron chi connectivity index (χ1n) is 8.98. The lowest BCUT2D eigenvalue weighted by Gasteiger charge is -2.37. The van der Waals surface area contributed by atoms with Gasteiger partial charge in [-0.2, -0.15) is 9.97 Å². The number of benzene rings is 1. The molecule has 8 nitrogen and oxygen atoms in total. The van der Waals surface area contributed by atoms with Gasteiger partial charge in [-0.1, -0.05) is 18.2 Å². The van der Waals surface area contributed by atoms with Crippen LogP contribution < -0.4 is 16.0 Å². The summed E-state index contributed by atoms with van der Waals surface area (Å²) in [5.41, 5.74) is 6.35. The summed E-state index contributed by atoms with van der Waals surface area (Å²) in [5.74, 6) is 1.49. The van der Waals surface area contributed by atoms with Gasteiger partial charge in [-0.25, -0.2) is 4.79 Å². The maximum absolute atomic E-state index is 11.7. The number of carboxylic acid groups (broad SMARTS) is 1. The van der Waals surface area contributed by atoms with Gasteiger partial charge in [0.15, 0.2) is 0 Å². The van der Waals surface area contributed by atoms with Crippen LogP contribution in [-0.4, -0.2) is 50.7 Å². The molecule has 1 aromatic carbocycles. The Morgan fingerprint density at radius 1 is 1.30 bits per heavy atom. The van der Waals surface area contributed by atoms with Crippen molar-refractivity contribution in [3.8, 4) is 0 Å². The Balaban J connectivity index is 1.78. The summed E-state index contributed by atoms with van der Waals surface area (Å²) in [5, 5.41) is 12.9. The lowest BCUT2D eigenvalue weighted by Crippen LogP contribution is -2.52. The second kappa shape index (κ2) is 7.30. The number of hydrogen-bond acceptors (Lipinski definition) is 6. The van der Waals surface area contributed by atoms with E-state index in [2.05, 4.69) is 20.2 Å². The SMILES string of the molecule is CC(C)(C)N(C(=O)O)C1CCN(c2cc(Nc3ccccc3)nc(N)n2)C1. The zero-order valence-electron chi connectivity index (χ0n) is 15.9. The quantitative estimate of drug-likeness (QED) is 0.758. The first-order valence-corrected chi connectivity index (χ1v) is 8.98. The molecule has 27 heavy (non-hydrogen) atoms. The van der Waals surface area contributed by atoms with Crippen LogP contribution in [-0.2, 0) is 0 Å². The molecule has 1 amide bonds. The van der Waals surface area contributed by atoms with Crippen molar-refractivity contribution in [1.29, 1.82) is 0 Å². The highest BCUT2D eigenvalue weighted by Gasteiger charge is 2.37. The lowest BCUT2D eigenvalue weighted by atomic mass is 10.0. The molecule has 0 radical (unpaired) electrons. The van der Waals surface area contributed by atoms with Crippen molar-refractivity contribution in [2.24, 2.45) is 0 Å². The van der Waals surface area contributed by atoms with Crippen molar-refractivity contribution in [3.05, 3.63) is 36.4 Å². The van der Waals surface area contributed by atoms with Gasteiger partial charge in [-0.05, 0) is 39.3 Å². The second-order valence-corrected chi connectivity index (χ2v) is 7.67. The van der Waals surface area contributed by atoms with Gasteiger partial charge in [0, 0.05) is 30.4 Å². The number of anilines is 4. The van der Waals surface area contributed by atoms with Crippen LogP contribution in [0.5, 0.6) is 0 Å². The fourth-order valence-corrected chi connectivity index (χ4v) is 3.50. The van der Waals surface area contributed by atoms with Crippen molar-refractivity contribution < 1.29 is 9.90 Å². The van der Waals surface area contributed by atoms with E-state index in [4.69, 9.17) is 5.73 Å². The van der Waals surface area contributed by atoms with Gasteiger partial charge in [0.1, 0.15) is 11.6 Å². The summed E-state index contributed by atoms with van der Waals surface area (Å²) < 4.78 is 0. The van der Waals surface area contributed by atoms with E-state index < -0.39 is 11.6 Å².